The minimum atomic E-state index is -3.55. The zero-order valence-electron chi connectivity index (χ0n) is 13.1. The molecule has 0 unspecified atom stereocenters. The van der Waals surface area contributed by atoms with Crippen LogP contribution in [0.2, 0.25) is 0 Å². The molecule has 0 aliphatic heterocycles. The summed E-state index contributed by atoms with van der Waals surface area (Å²) in [7, 11) is -3.55. The fraction of sp³-hybridized carbons (Fsp3) is 0.533. The molecule has 118 valence electrons. The van der Waals surface area contributed by atoms with Crippen molar-refractivity contribution in [3.8, 4) is 0 Å². The number of sulfonamides is 1. The van der Waals surface area contributed by atoms with Gasteiger partial charge in [-0.25, -0.2) is 13.1 Å². The first-order chi connectivity index (χ1) is 9.77. The lowest BCUT2D eigenvalue weighted by Gasteiger charge is -2.11. The highest BCUT2D eigenvalue weighted by Crippen LogP contribution is 2.15. The SMILES string of the molecule is CCNS(=O)(=O)c1ccc(C)c(C(=O)NCCC(C)C)c1. The standard InChI is InChI=1S/C15H24N2O3S/c1-5-17-21(19,20)13-7-6-12(4)14(10-13)15(18)16-9-8-11(2)3/h6-7,10-11,17H,5,8-9H2,1-4H3,(H,16,18). The quantitative estimate of drug-likeness (QED) is 0.809. The number of carbonyl (C=O) groups is 1. The summed E-state index contributed by atoms with van der Waals surface area (Å²) < 4.78 is 26.4. The van der Waals surface area contributed by atoms with Crippen LogP contribution in [0.1, 0.15) is 43.1 Å². The number of benzene rings is 1. The van der Waals surface area contributed by atoms with E-state index in [4.69, 9.17) is 0 Å². The second-order valence-corrected chi connectivity index (χ2v) is 7.18. The molecule has 2 N–H and O–H groups in total. The van der Waals surface area contributed by atoms with Crippen molar-refractivity contribution in [3.05, 3.63) is 29.3 Å². The highest BCUT2D eigenvalue weighted by molar-refractivity contribution is 7.89. The van der Waals surface area contributed by atoms with E-state index >= 15 is 0 Å². The van der Waals surface area contributed by atoms with Crippen molar-refractivity contribution in [1.29, 1.82) is 0 Å². The van der Waals surface area contributed by atoms with Gasteiger partial charge in [0.1, 0.15) is 0 Å². The third-order valence-electron chi connectivity index (χ3n) is 3.11. The van der Waals surface area contributed by atoms with Crippen molar-refractivity contribution in [2.45, 2.75) is 39.0 Å². The maximum atomic E-state index is 12.2. The molecule has 1 amide bonds. The van der Waals surface area contributed by atoms with Crippen LogP contribution in [0, 0.1) is 12.8 Å². The van der Waals surface area contributed by atoms with Crippen LogP contribution in [-0.2, 0) is 10.0 Å². The predicted octanol–water partition coefficient (Wildman–Crippen LogP) is 2.07. The molecule has 0 aromatic heterocycles. The van der Waals surface area contributed by atoms with Crippen molar-refractivity contribution in [2.75, 3.05) is 13.1 Å². The normalized spacial score (nSPS) is 11.7. The van der Waals surface area contributed by atoms with Gasteiger partial charge >= 0.3 is 0 Å². The Labute approximate surface area is 127 Å². The largest absolute Gasteiger partial charge is 0.352 e. The maximum Gasteiger partial charge on any atom is 0.251 e. The summed E-state index contributed by atoms with van der Waals surface area (Å²) >= 11 is 0. The minimum absolute atomic E-state index is 0.115. The average Bonchev–Trinajstić information content (AvgIpc) is 2.38. The molecule has 0 spiro atoms. The lowest BCUT2D eigenvalue weighted by molar-refractivity contribution is 0.0951. The van der Waals surface area contributed by atoms with E-state index in [9.17, 15) is 13.2 Å². The van der Waals surface area contributed by atoms with Crippen LogP contribution in [0.4, 0.5) is 0 Å². The molecule has 0 bridgehead atoms. The summed E-state index contributed by atoms with van der Waals surface area (Å²) in [5.41, 5.74) is 1.16. The molecular formula is C15H24N2O3S. The predicted molar refractivity (Wildman–Crippen MR) is 83.8 cm³/mol. The van der Waals surface area contributed by atoms with Crippen LogP contribution in [-0.4, -0.2) is 27.4 Å². The Bertz CT molecular complexity index is 595. The summed E-state index contributed by atoms with van der Waals surface area (Å²) in [6, 6.07) is 4.60. The molecule has 1 aromatic carbocycles. The van der Waals surface area contributed by atoms with E-state index in [2.05, 4.69) is 23.9 Å². The number of amides is 1. The van der Waals surface area contributed by atoms with Crippen molar-refractivity contribution in [1.82, 2.24) is 10.0 Å². The molecule has 1 aromatic rings. The summed E-state index contributed by atoms with van der Waals surface area (Å²) in [6.45, 7) is 8.57. The number of rotatable bonds is 7. The Kier molecular flexibility index (Phi) is 6.36. The third-order valence-corrected chi connectivity index (χ3v) is 4.65. The molecule has 0 atom stereocenters. The molecular weight excluding hydrogens is 288 g/mol. The van der Waals surface area contributed by atoms with Gasteiger partial charge in [0.2, 0.25) is 10.0 Å². The highest BCUT2D eigenvalue weighted by Gasteiger charge is 2.17. The number of hydrogen-bond donors (Lipinski definition) is 2. The van der Waals surface area contributed by atoms with E-state index in [1.807, 2.05) is 0 Å². The second kappa shape index (κ2) is 7.56. The van der Waals surface area contributed by atoms with E-state index < -0.39 is 10.0 Å². The van der Waals surface area contributed by atoms with E-state index in [0.717, 1.165) is 12.0 Å². The van der Waals surface area contributed by atoms with Crippen LogP contribution in [0.5, 0.6) is 0 Å². The fourth-order valence-electron chi connectivity index (χ4n) is 1.86. The van der Waals surface area contributed by atoms with Gasteiger partial charge in [-0.1, -0.05) is 26.8 Å². The lowest BCUT2D eigenvalue weighted by atomic mass is 10.1. The van der Waals surface area contributed by atoms with Gasteiger partial charge in [0.25, 0.3) is 5.91 Å². The van der Waals surface area contributed by atoms with Gasteiger partial charge < -0.3 is 5.32 Å². The number of carbonyl (C=O) groups excluding carboxylic acids is 1. The van der Waals surface area contributed by atoms with E-state index in [1.165, 1.54) is 12.1 Å². The Balaban J connectivity index is 2.95. The zero-order valence-corrected chi connectivity index (χ0v) is 13.9. The molecule has 21 heavy (non-hydrogen) atoms. The van der Waals surface area contributed by atoms with E-state index in [-0.39, 0.29) is 10.8 Å². The molecule has 0 saturated heterocycles. The fourth-order valence-corrected chi connectivity index (χ4v) is 2.92. The van der Waals surface area contributed by atoms with Crippen LogP contribution in [0.3, 0.4) is 0 Å². The molecule has 0 heterocycles. The molecule has 5 nitrogen and oxygen atoms in total. The zero-order chi connectivity index (χ0) is 16.0. The van der Waals surface area contributed by atoms with Crippen molar-refractivity contribution in [2.24, 2.45) is 5.92 Å². The molecule has 0 radical (unpaired) electrons. The van der Waals surface area contributed by atoms with Gasteiger partial charge in [0.15, 0.2) is 0 Å². The molecule has 0 fully saturated rings. The topological polar surface area (TPSA) is 75.3 Å². The Hall–Kier alpha value is -1.40. The first-order valence-corrected chi connectivity index (χ1v) is 8.64. The van der Waals surface area contributed by atoms with Gasteiger partial charge in [0, 0.05) is 18.7 Å². The Morgan fingerprint density at radius 2 is 1.95 bits per heavy atom. The number of nitrogens with one attached hydrogen (secondary N) is 2. The third kappa shape index (κ3) is 5.13. The number of aryl methyl sites for hydroxylation is 1. The number of hydrogen-bond acceptors (Lipinski definition) is 3. The monoisotopic (exact) mass is 312 g/mol. The first-order valence-electron chi connectivity index (χ1n) is 7.16. The van der Waals surface area contributed by atoms with Crippen LogP contribution in [0.25, 0.3) is 0 Å². The molecule has 0 aliphatic rings. The summed E-state index contributed by atoms with van der Waals surface area (Å²) in [6.07, 6.45) is 0.889. The van der Waals surface area contributed by atoms with E-state index in [1.54, 1.807) is 19.9 Å². The minimum Gasteiger partial charge on any atom is -0.352 e. The molecule has 1 rings (SSSR count). The Morgan fingerprint density at radius 3 is 2.52 bits per heavy atom. The van der Waals surface area contributed by atoms with Gasteiger partial charge in [0.05, 0.1) is 4.90 Å². The maximum absolute atomic E-state index is 12.2. The van der Waals surface area contributed by atoms with Crippen molar-refractivity contribution < 1.29 is 13.2 Å². The van der Waals surface area contributed by atoms with Crippen molar-refractivity contribution >= 4 is 15.9 Å². The van der Waals surface area contributed by atoms with Crippen molar-refractivity contribution in [3.63, 3.8) is 0 Å². The van der Waals surface area contributed by atoms with E-state index in [0.29, 0.717) is 24.6 Å². The van der Waals surface area contributed by atoms with Gasteiger partial charge in [-0.3, -0.25) is 4.79 Å². The first kappa shape index (κ1) is 17.7. The second-order valence-electron chi connectivity index (χ2n) is 5.42. The van der Waals surface area contributed by atoms with Gasteiger partial charge in [-0.15, -0.1) is 0 Å². The Morgan fingerprint density at radius 1 is 1.29 bits per heavy atom. The van der Waals surface area contributed by atoms with Gasteiger partial charge in [-0.2, -0.15) is 0 Å². The highest BCUT2D eigenvalue weighted by atomic mass is 32.2. The smallest absolute Gasteiger partial charge is 0.251 e. The summed E-state index contributed by atoms with van der Waals surface area (Å²) in [4.78, 5) is 12.3. The van der Waals surface area contributed by atoms with Gasteiger partial charge in [-0.05, 0) is 37.0 Å². The summed E-state index contributed by atoms with van der Waals surface area (Å²) in [5, 5.41) is 2.83. The molecule has 0 saturated carbocycles. The molecule has 0 aliphatic carbocycles. The summed E-state index contributed by atoms with van der Waals surface area (Å²) in [5.74, 6) is 0.272. The average molecular weight is 312 g/mol. The lowest BCUT2D eigenvalue weighted by Crippen LogP contribution is -2.27. The van der Waals surface area contributed by atoms with Crippen LogP contribution < -0.4 is 10.0 Å². The van der Waals surface area contributed by atoms with Crippen LogP contribution in [0.15, 0.2) is 23.1 Å². The molecule has 6 heteroatoms. The van der Waals surface area contributed by atoms with Crippen LogP contribution >= 0.6 is 0 Å².